The number of thioether (sulfide) groups is 1. The van der Waals surface area contributed by atoms with Crippen LogP contribution in [0.4, 0.5) is 0 Å². The maximum Gasteiger partial charge on any atom is 0.190 e. The Bertz CT molecular complexity index is 489. The molecular weight excluding hydrogens is 236 g/mol. The molecule has 0 aromatic carbocycles. The van der Waals surface area contributed by atoms with E-state index in [-0.39, 0.29) is 0 Å². The zero-order valence-electron chi connectivity index (χ0n) is 10.00. The first-order chi connectivity index (χ1) is 8.22. The van der Waals surface area contributed by atoms with Crippen LogP contribution in [-0.2, 0) is 27.1 Å². The van der Waals surface area contributed by atoms with Crippen molar-refractivity contribution in [1.29, 1.82) is 0 Å². The van der Waals surface area contributed by atoms with Crippen LogP contribution in [0.1, 0.15) is 11.5 Å². The summed E-state index contributed by atoms with van der Waals surface area (Å²) >= 11 is 1.68. The van der Waals surface area contributed by atoms with Crippen LogP contribution in [0.15, 0.2) is 17.4 Å². The minimum atomic E-state index is 0.422. The van der Waals surface area contributed by atoms with E-state index < -0.39 is 0 Å². The van der Waals surface area contributed by atoms with Crippen LogP contribution in [-0.4, -0.2) is 30.3 Å². The number of nitrogens with zero attached hydrogens (tertiary/aromatic N) is 5. The highest BCUT2D eigenvalue weighted by Crippen LogP contribution is 2.16. The second-order valence-electron chi connectivity index (χ2n) is 3.71. The Hall–Kier alpha value is -1.34. The third-order valence-electron chi connectivity index (χ3n) is 2.62. The predicted molar refractivity (Wildman–Crippen MR) is 66.5 cm³/mol. The first kappa shape index (κ1) is 12.1. The molecule has 0 aliphatic rings. The molecule has 0 saturated heterocycles. The summed E-state index contributed by atoms with van der Waals surface area (Å²) in [6, 6.07) is 2.03. The molecular formula is C10H16N6S. The summed E-state index contributed by atoms with van der Waals surface area (Å²) in [5.41, 5.74) is 6.77. The van der Waals surface area contributed by atoms with Crippen molar-refractivity contribution < 1.29 is 0 Å². The maximum absolute atomic E-state index is 5.55. The van der Waals surface area contributed by atoms with Gasteiger partial charge in [-0.1, -0.05) is 11.8 Å². The Balaban J connectivity index is 1.90. The molecule has 0 aliphatic carbocycles. The van der Waals surface area contributed by atoms with Gasteiger partial charge in [-0.3, -0.25) is 4.68 Å². The molecule has 17 heavy (non-hydrogen) atoms. The predicted octanol–water partition coefficient (Wildman–Crippen LogP) is 0.342. The van der Waals surface area contributed by atoms with E-state index in [2.05, 4.69) is 15.3 Å². The van der Waals surface area contributed by atoms with Gasteiger partial charge < -0.3 is 10.3 Å². The zero-order chi connectivity index (χ0) is 12.3. The van der Waals surface area contributed by atoms with Gasteiger partial charge in [0.2, 0.25) is 0 Å². The average Bonchev–Trinajstić information content (AvgIpc) is 2.87. The van der Waals surface area contributed by atoms with Gasteiger partial charge >= 0.3 is 0 Å². The number of aryl methyl sites for hydroxylation is 2. The summed E-state index contributed by atoms with van der Waals surface area (Å²) in [6.07, 6.45) is 2.78. The fourth-order valence-electron chi connectivity index (χ4n) is 1.54. The summed E-state index contributed by atoms with van der Waals surface area (Å²) in [5.74, 6) is 1.77. The molecule has 0 fully saturated rings. The Kier molecular flexibility index (Phi) is 3.80. The minimum Gasteiger partial charge on any atom is -0.324 e. The molecule has 0 aliphatic heterocycles. The van der Waals surface area contributed by atoms with E-state index in [1.165, 1.54) is 5.69 Å². The Labute approximate surface area is 104 Å². The molecule has 2 aromatic rings. The van der Waals surface area contributed by atoms with Crippen molar-refractivity contribution in [3.63, 3.8) is 0 Å². The lowest BCUT2D eigenvalue weighted by molar-refractivity contribution is 0.717. The van der Waals surface area contributed by atoms with Crippen LogP contribution in [0, 0.1) is 0 Å². The fraction of sp³-hybridized carbons (Fsp3) is 0.500. The van der Waals surface area contributed by atoms with Crippen molar-refractivity contribution in [1.82, 2.24) is 24.5 Å². The van der Waals surface area contributed by atoms with E-state index in [0.29, 0.717) is 6.54 Å². The number of rotatable bonds is 5. The molecule has 0 amide bonds. The minimum absolute atomic E-state index is 0.422. The lowest BCUT2D eigenvalue weighted by atomic mass is 10.3. The summed E-state index contributed by atoms with van der Waals surface area (Å²) in [4.78, 5) is 0. The van der Waals surface area contributed by atoms with Crippen molar-refractivity contribution >= 4 is 11.8 Å². The van der Waals surface area contributed by atoms with E-state index in [9.17, 15) is 0 Å². The number of hydrogen-bond acceptors (Lipinski definition) is 5. The largest absolute Gasteiger partial charge is 0.324 e. The van der Waals surface area contributed by atoms with Crippen molar-refractivity contribution in [2.24, 2.45) is 19.8 Å². The Morgan fingerprint density at radius 1 is 1.35 bits per heavy atom. The normalized spacial score (nSPS) is 11.0. The topological polar surface area (TPSA) is 74.6 Å². The van der Waals surface area contributed by atoms with Gasteiger partial charge in [-0.05, 0) is 12.5 Å². The quantitative estimate of drug-likeness (QED) is 0.777. The van der Waals surface area contributed by atoms with Gasteiger partial charge in [0.05, 0.1) is 6.54 Å². The van der Waals surface area contributed by atoms with E-state index in [1.54, 1.807) is 11.8 Å². The highest BCUT2D eigenvalue weighted by molar-refractivity contribution is 7.99. The van der Waals surface area contributed by atoms with Crippen LogP contribution >= 0.6 is 11.8 Å². The van der Waals surface area contributed by atoms with Gasteiger partial charge in [0, 0.05) is 31.7 Å². The highest BCUT2D eigenvalue weighted by Gasteiger charge is 2.07. The van der Waals surface area contributed by atoms with Crippen LogP contribution in [0.3, 0.4) is 0 Å². The molecule has 2 heterocycles. The standard InChI is InChI=1S/C10H16N6S/c1-15-9(7-11)13-14-10(15)17-6-4-8-3-5-12-16(8)2/h3,5H,4,6-7,11H2,1-2H3. The summed E-state index contributed by atoms with van der Waals surface area (Å²) in [6.45, 7) is 0.422. The molecule has 7 heteroatoms. The van der Waals surface area contributed by atoms with Crippen molar-refractivity contribution in [3.05, 3.63) is 23.8 Å². The van der Waals surface area contributed by atoms with Crippen LogP contribution in [0.5, 0.6) is 0 Å². The summed E-state index contributed by atoms with van der Waals surface area (Å²) in [7, 11) is 3.89. The highest BCUT2D eigenvalue weighted by atomic mass is 32.2. The van der Waals surface area contributed by atoms with Gasteiger partial charge in [0.1, 0.15) is 5.82 Å². The fourth-order valence-corrected chi connectivity index (χ4v) is 2.43. The monoisotopic (exact) mass is 252 g/mol. The molecule has 0 bridgehead atoms. The third kappa shape index (κ3) is 2.67. The lowest BCUT2D eigenvalue weighted by Gasteiger charge is -2.03. The Morgan fingerprint density at radius 2 is 2.18 bits per heavy atom. The van der Waals surface area contributed by atoms with E-state index in [4.69, 9.17) is 5.73 Å². The Morgan fingerprint density at radius 3 is 2.76 bits per heavy atom. The first-order valence-corrected chi connectivity index (χ1v) is 6.39. The molecule has 2 aromatic heterocycles. The first-order valence-electron chi connectivity index (χ1n) is 5.40. The molecule has 0 radical (unpaired) electrons. The number of hydrogen-bond donors (Lipinski definition) is 1. The third-order valence-corrected chi connectivity index (χ3v) is 3.64. The molecule has 92 valence electrons. The average molecular weight is 252 g/mol. The van der Waals surface area contributed by atoms with E-state index >= 15 is 0 Å². The van der Waals surface area contributed by atoms with Crippen molar-refractivity contribution in [2.45, 2.75) is 18.1 Å². The van der Waals surface area contributed by atoms with Crippen LogP contribution < -0.4 is 5.73 Å². The molecule has 6 nitrogen and oxygen atoms in total. The second-order valence-corrected chi connectivity index (χ2v) is 4.77. The van der Waals surface area contributed by atoms with E-state index in [1.807, 2.05) is 35.6 Å². The molecule has 2 rings (SSSR count). The van der Waals surface area contributed by atoms with Gasteiger partial charge in [-0.2, -0.15) is 5.10 Å². The van der Waals surface area contributed by atoms with Crippen molar-refractivity contribution in [2.75, 3.05) is 5.75 Å². The van der Waals surface area contributed by atoms with Gasteiger partial charge in [-0.15, -0.1) is 10.2 Å². The van der Waals surface area contributed by atoms with E-state index in [0.717, 1.165) is 23.2 Å². The smallest absolute Gasteiger partial charge is 0.190 e. The lowest BCUT2D eigenvalue weighted by Crippen LogP contribution is -2.05. The van der Waals surface area contributed by atoms with Gasteiger partial charge in [-0.25, -0.2) is 0 Å². The molecule has 0 spiro atoms. The summed E-state index contributed by atoms with van der Waals surface area (Å²) < 4.78 is 3.83. The summed E-state index contributed by atoms with van der Waals surface area (Å²) in [5, 5.41) is 13.2. The number of aromatic nitrogens is 5. The zero-order valence-corrected chi connectivity index (χ0v) is 10.8. The van der Waals surface area contributed by atoms with Crippen LogP contribution in [0.25, 0.3) is 0 Å². The molecule has 2 N–H and O–H groups in total. The molecule has 0 atom stereocenters. The van der Waals surface area contributed by atoms with Crippen LogP contribution in [0.2, 0.25) is 0 Å². The SMILES string of the molecule is Cn1nccc1CCSc1nnc(CN)n1C. The van der Waals surface area contributed by atoms with Gasteiger partial charge in [0.25, 0.3) is 0 Å². The number of nitrogens with two attached hydrogens (primary N) is 1. The maximum atomic E-state index is 5.55. The molecule has 0 unspecified atom stereocenters. The van der Waals surface area contributed by atoms with Gasteiger partial charge in [0.15, 0.2) is 5.16 Å². The second kappa shape index (κ2) is 5.33. The van der Waals surface area contributed by atoms with Crippen molar-refractivity contribution in [3.8, 4) is 0 Å². The molecule has 0 saturated carbocycles.